The van der Waals surface area contributed by atoms with Crippen LogP contribution in [0.15, 0.2) is 23.1 Å². The minimum atomic E-state index is -3.87. The van der Waals surface area contributed by atoms with Gasteiger partial charge in [0.25, 0.3) is 5.69 Å². The number of rotatable bonds is 5. The average molecular weight is 274 g/mol. The summed E-state index contributed by atoms with van der Waals surface area (Å²) in [4.78, 5) is 9.81. The van der Waals surface area contributed by atoms with E-state index in [1.54, 1.807) is 6.92 Å². The molecule has 0 amide bonds. The lowest BCUT2D eigenvalue weighted by Gasteiger charge is -2.12. The molecule has 8 heteroatoms. The molecule has 0 heterocycles. The van der Waals surface area contributed by atoms with Crippen LogP contribution in [0.4, 0.5) is 5.69 Å². The van der Waals surface area contributed by atoms with Crippen LogP contribution in [0.3, 0.4) is 0 Å². The van der Waals surface area contributed by atoms with Crippen molar-refractivity contribution in [2.24, 2.45) is 0 Å². The maximum absolute atomic E-state index is 12.0. The Kier molecular flexibility index (Phi) is 4.38. The van der Waals surface area contributed by atoms with Crippen molar-refractivity contribution in [2.45, 2.75) is 24.8 Å². The van der Waals surface area contributed by atoms with Crippen molar-refractivity contribution in [1.29, 1.82) is 0 Å². The first-order chi connectivity index (χ1) is 8.27. The first kappa shape index (κ1) is 14.6. The van der Waals surface area contributed by atoms with E-state index in [1.165, 1.54) is 19.1 Å². The fourth-order valence-electron chi connectivity index (χ4n) is 1.36. The highest BCUT2D eigenvalue weighted by molar-refractivity contribution is 7.89. The number of nitrogens with one attached hydrogen (secondary N) is 1. The lowest BCUT2D eigenvalue weighted by atomic mass is 10.2. The number of hydrogen-bond acceptors (Lipinski definition) is 5. The number of nitro groups is 1. The SMILES string of the molecule is Cc1ccc([N+](=O)[O-])cc1S(=O)(=O)N[C@@H](C)CO. The predicted molar refractivity (Wildman–Crippen MR) is 64.7 cm³/mol. The zero-order valence-electron chi connectivity index (χ0n) is 9.95. The first-order valence-electron chi connectivity index (χ1n) is 5.16. The number of hydrogen-bond donors (Lipinski definition) is 2. The van der Waals surface area contributed by atoms with E-state index >= 15 is 0 Å². The van der Waals surface area contributed by atoms with Crippen molar-refractivity contribution in [3.05, 3.63) is 33.9 Å². The van der Waals surface area contributed by atoms with Crippen LogP contribution in [0, 0.1) is 17.0 Å². The third-order valence-corrected chi connectivity index (χ3v) is 4.03. The second-order valence-corrected chi connectivity index (χ2v) is 5.59. The van der Waals surface area contributed by atoms with Gasteiger partial charge in [0, 0.05) is 18.2 Å². The monoisotopic (exact) mass is 274 g/mol. The Morgan fingerprint density at radius 3 is 2.61 bits per heavy atom. The molecule has 1 rings (SSSR count). The van der Waals surface area contributed by atoms with Crippen LogP contribution in [0.25, 0.3) is 0 Å². The third-order valence-electron chi connectivity index (χ3n) is 2.30. The number of aliphatic hydroxyl groups excluding tert-OH is 1. The van der Waals surface area contributed by atoms with Crippen molar-refractivity contribution in [2.75, 3.05) is 6.61 Å². The van der Waals surface area contributed by atoms with Gasteiger partial charge >= 0.3 is 0 Å². The van der Waals surface area contributed by atoms with E-state index in [2.05, 4.69) is 4.72 Å². The van der Waals surface area contributed by atoms with Gasteiger partial charge in [-0.05, 0) is 19.4 Å². The van der Waals surface area contributed by atoms with Crippen LogP contribution in [-0.2, 0) is 10.0 Å². The highest BCUT2D eigenvalue weighted by Crippen LogP contribution is 2.21. The molecule has 100 valence electrons. The normalized spacial score (nSPS) is 13.3. The number of nitro benzene ring substituents is 1. The van der Waals surface area contributed by atoms with Crippen LogP contribution < -0.4 is 4.72 Å². The molecule has 0 fully saturated rings. The zero-order valence-corrected chi connectivity index (χ0v) is 10.8. The van der Waals surface area contributed by atoms with Crippen molar-refractivity contribution in [1.82, 2.24) is 4.72 Å². The maximum Gasteiger partial charge on any atom is 0.270 e. The lowest BCUT2D eigenvalue weighted by molar-refractivity contribution is -0.385. The van der Waals surface area contributed by atoms with Crippen molar-refractivity contribution in [3.8, 4) is 0 Å². The molecule has 1 aromatic carbocycles. The molecule has 0 saturated heterocycles. The largest absolute Gasteiger partial charge is 0.395 e. The minimum absolute atomic E-state index is 0.156. The Bertz CT molecular complexity index is 555. The van der Waals surface area contributed by atoms with E-state index < -0.39 is 21.0 Å². The molecule has 0 saturated carbocycles. The van der Waals surface area contributed by atoms with Crippen LogP contribution in [0.2, 0.25) is 0 Å². The molecular formula is C10H14N2O5S. The highest BCUT2D eigenvalue weighted by Gasteiger charge is 2.21. The van der Waals surface area contributed by atoms with Crippen LogP contribution in [-0.4, -0.2) is 31.1 Å². The fourth-order valence-corrected chi connectivity index (χ4v) is 2.86. The maximum atomic E-state index is 12.0. The molecule has 18 heavy (non-hydrogen) atoms. The Hall–Kier alpha value is -1.51. The summed E-state index contributed by atoms with van der Waals surface area (Å²) in [7, 11) is -3.87. The molecular weight excluding hydrogens is 260 g/mol. The Morgan fingerprint density at radius 1 is 1.50 bits per heavy atom. The Morgan fingerprint density at radius 2 is 2.11 bits per heavy atom. The number of aliphatic hydroxyl groups is 1. The van der Waals surface area contributed by atoms with Crippen LogP contribution >= 0.6 is 0 Å². The van der Waals surface area contributed by atoms with Gasteiger partial charge in [-0.1, -0.05) is 6.07 Å². The molecule has 0 bridgehead atoms. The summed E-state index contributed by atoms with van der Waals surface area (Å²) in [5.41, 5.74) is 0.107. The van der Waals surface area contributed by atoms with Gasteiger partial charge in [-0.15, -0.1) is 0 Å². The second-order valence-electron chi connectivity index (χ2n) is 3.91. The van der Waals surface area contributed by atoms with Crippen LogP contribution in [0.5, 0.6) is 0 Å². The van der Waals surface area contributed by atoms with E-state index in [4.69, 9.17) is 5.11 Å². The molecule has 1 atom stereocenters. The summed E-state index contributed by atoms with van der Waals surface area (Å²) in [5, 5.41) is 19.4. The average Bonchev–Trinajstić information content (AvgIpc) is 2.28. The van der Waals surface area contributed by atoms with Crippen molar-refractivity contribution >= 4 is 15.7 Å². The molecule has 0 spiro atoms. The number of sulfonamides is 1. The molecule has 0 unspecified atom stereocenters. The number of aryl methyl sites for hydroxylation is 1. The number of nitrogens with zero attached hydrogens (tertiary/aromatic N) is 1. The Balaban J connectivity index is 3.23. The predicted octanol–water partition coefficient (Wildman–Crippen LogP) is 0.562. The van der Waals surface area contributed by atoms with Gasteiger partial charge in [-0.25, -0.2) is 13.1 Å². The van der Waals surface area contributed by atoms with E-state index in [9.17, 15) is 18.5 Å². The van der Waals surface area contributed by atoms with E-state index in [0.29, 0.717) is 5.56 Å². The molecule has 0 aromatic heterocycles. The zero-order chi connectivity index (χ0) is 13.9. The topological polar surface area (TPSA) is 110 Å². The van der Waals surface area contributed by atoms with Crippen molar-refractivity contribution in [3.63, 3.8) is 0 Å². The summed E-state index contributed by atoms with van der Waals surface area (Å²) in [6.45, 7) is 2.68. The van der Waals surface area contributed by atoms with Gasteiger partial charge in [0.1, 0.15) is 0 Å². The first-order valence-corrected chi connectivity index (χ1v) is 6.64. The lowest BCUT2D eigenvalue weighted by Crippen LogP contribution is -2.35. The third kappa shape index (κ3) is 3.25. The van der Waals surface area contributed by atoms with Gasteiger partial charge in [0.05, 0.1) is 16.4 Å². The van der Waals surface area contributed by atoms with Crippen LogP contribution in [0.1, 0.15) is 12.5 Å². The van der Waals surface area contributed by atoms with E-state index in [1.807, 2.05) is 0 Å². The van der Waals surface area contributed by atoms with Crippen molar-refractivity contribution < 1.29 is 18.4 Å². The second kappa shape index (κ2) is 5.42. The summed E-state index contributed by atoms with van der Waals surface area (Å²) in [6.07, 6.45) is 0. The quantitative estimate of drug-likeness (QED) is 0.602. The summed E-state index contributed by atoms with van der Waals surface area (Å²) in [5.74, 6) is 0. The smallest absolute Gasteiger partial charge is 0.270 e. The standard InChI is InChI=1S/C10H14N2O5S/c1-7-3-4-9(12(14)15)5-10(7)18(16,17)11-8(2)6-13/h3-5,8,11,13H,6H2,1-2H3/t8-/m0/s1. The molecule has 0 aliphatic carbocycles. The molecule has 1 aromatic rings. The van der Waals surface area contributed by atoms with Gasteiger partial charge in [-0.3, -0.25) is 10.1 Å². The summed E-state index contributed by atoms with van der Waals surface area (Å²) >= 11 is 0. The number of non-ortho nitro benzene ring substituents is 1. The van der Waals surface area contributed by atoms with E-state index in [0.717, 1.165) is 6.07 Å². The van der Waals surface area contributed by atoms with Gasteiger partial charge in [-0.2, -0.15) is 0 Å². The molecule has 0 radical (unpaired) electrons. The molecule has 0 aliphatic rings. The minimum Gasteiger partial charge on any atom is -0.395 e. The molecule has 2 N–H and O–H groups in total. The summed E-state index contributed by atoms with van der Waals surface area (Å²) < 4.78 is 26.1. The molecule has 0 aliphatic heterocycles. The summed E-state index contributed by atoms with van der Waals surface area (Å²) in [6, 6.07) is 2.95. The highest BCUT2D eigenvalue weighted by atomic mass is 32.2. The fraction of sp³-hybridized carbons (Fsp3) is 0.400. The van der Waals surface area contributed by atoms with Gasteiger partial charge in [0.15, 0.2) is 0 Å². The van der Waals surface area contributed by atoms with E-state index in [-0.39, 0.29) is 17.2 Å². The molecule has 7 nitrogen and oxygen atoms in total. The number of benzene rings is 1. The van der Waals surface area contributed by atoms with Gasteiger partial charge in [0.2, 0.25) is 10.0 Å². The van der Waals surface area contributed by atoms with Gasteiger partial charge < -0.3 is 5.11 Å². The Labute approximate surface area is 105 Å².